The maximum absolute atomic E-state index is 12.7. The second kappa shape index (κ2) is 9.12. The lowest BCUT2D eigenvalue weighted by Gasteiger charge is -2.14. The number of carbonyl (C=O) groups is 2. The van der Waals surface area contributed by atoms with Crippen molar-refractivity contribution >= 4 is 22.8 Å². The van der Waals surface area contributed by atoms with E-state index in [9.17, 15) is 14.4 Å². The van der Waals surface area contributed by atoms with Gasteiger partial charge in [0.1, 0.15) is 16.9 Å². The fourth-order valence-electron chi connectivity index (χ4n) is 3.45. The third-order valence-corrected chi connectivity index (χ3v) is 5.55. The smallest absolute Gasteiger partial charge is 0.349 e. The maximum Gasteiger partial charge on any atom is 0.349 e. The van der Waals surface area contributed by atoms with E-state index in [1.807, 2.05) is 57.2 Å². The number of rotatable bonds is 5. The molecule has 4 aromatic rings. The van der Waals surface area contributed by atoms with Gasteiger partial charge in [0.05, 0.1) is 11.6 Å². The molecule has 0 saturated carbocycles. The lowest BCUT2D eigenvalue weighted by Crippen LogP contribution is -2.30. The van der Waals surface area contributed by atoms with E-state index >= 15 is 0 Å². The summed E-state index contributed by atoms with van der Waals surface area (Å²) >= 11 is 0. The topological polar surface area (TPSA) is 85.6 Å². The van der Waals surface area contributed by atoms with Crippen LogP contribution >= 0.6 is 0 Å². The molecule has 1 unspecified atom stereocenters. The predicted molar refractivity (Wildman–Crippen MR) is 126 cm³/mol. The molecule has 4 rings (SSSR count). The van der Waals surface area contributed by atoms with Gasteiger partial charge in [-0.25, -0.2) is 9.59 Å². The number of hydrogen-bond acceptors (Lipinski definition) is 5. The van der Waals surface area contributed by atoms with E-state index in [0.29, 0.717) is 10.9 Å². The highest BCUT2D eigenvalue weighted by Gasteiger charge is 2.17. The zero-order chi connectivity index (χ0) is 23.5. The zero-order valence-electron chi connectivity index (χ0n) is 18.5. The molecule has 1 N–H and O–H groups in total. The minimum absolute atomic E-state index is 0.0924. The summed E-state index contributed by atoms with van der Waals surface area (Å²) in [4.78, 5) is 37.6. The molecule has 0 saturated heterocycles. The van der Waals surface area contributed by atoms with Gasteiger partial charge in [0.2, 0.25) is 0 Å². The third-order valence-electron chi connectivity index (χ3n) is 5.55. The number of esters is 1. The summed E-state index contributed by atoms with van der Waals surface area (Å²) in [7, 11) is 0. The molecular weight excluding hydrogens is 418 g/mol. The largest absolute Gasteiger partial charge is 0.423 e. The summed E-state index contributed by atoms with van der Waals surface area (Å²) < 4.78 is 10.8. The van der Waals surface area contributed by atoms with Gasteiger partial charge in [-0.1, -0.05) is 36.4 Å². The summed E-state index contributed by atoms with van der Waals surface area (Å²) in [5.74, 6) is -0.790. The van der Waals surface area contributed by atoms with E-state index in [-0.39, 0.29) is 22.9 Å². The standard InChI is InChI=1S/C27H23NO5/c1-16-9-10-21(13-17(16)2)26(30)32-22-12-11-20-14-23(27(31)33-24(20)15-22)25(29)28-18(3)19-7-5-4-6-8-19/h4-15,18H,1-3H3,(H,28,29). The van der Waals surface area contributed by atoms with Gasteiger partial charge in [-0.15, -0.1) is 0 Å². The molecule has 1 atom stereocenters. The Kier molecular flexibility index (Phi) is 6.09. The van der Waals surface area contributed by atoms with E-state index in [4.69, 9.17) is 9.15 Å². The van der Waals surface area contributed by atoms with Crippen LogP contribution in [-0.4, -0.2) is 11.9 Å². The second-order valence-electron chi connectivity index (χ2n) is 7.94. The third kappa shape index (κ3) is 4.85. The first-order valence-corrected chi connectivity index (χ1v) is 10.5. The van der Waals surface area contributed by atoms with Gasteiger partial charge in [0, 0.05) is 11.5 Å². The average Bonchev–Trinajstić information content (AvgIpc) is 2.80. The molecule has 6 nitrogen and oxygen atoms in total. The fourth-order valence-corrected chi connectivity index (χ4v) is 3.45. The van der Waals surface area contributed by atoms with Crippen LogP contribution < -0.4 is 15.7 Å². The summed E-state index contributed by atoms with van der Waals surface area (Å²) in [5, 5.41) is 3.35. The Labute approximate surface area is 190 Å². The molecule has 0 bridgehead atoms. The van der Waals surface area contributed by atoms with Crippen molar-refractivity contribution < 1.29 is 18.7 Å². The summed E-state index contributed by atoms with van der Waals surface area (Å²) in [6.07, 6.45) is 0. The number of fused-ring (bicyclic) bond motifs is 1. The van der Waals surface area contributed by atoms with Gasteiger partial charge in [-0.3, -0.25) is 4.79 Å². The van der Waals surface area contributed by atoms with Crippen molar-refractivity contribution in [1.29, 1.82) is 0 Å². The van der Waals surface area contributed by atoms with Gasteiger partial charge in [-0.2, -0.15) is 0 Å². The minimum atomic E-state index is -0.766. The molecule has 33 heavy (non-hydrogen) atoms. The van der Waals surface area contributed by atoms with Crippen LogP contribution in [0.25, 0.3) is 11.0 Å². The molecule has 1 amide bonds. The maximum atomic E-state index is 12.7. The molecule has 1 aromatic heterocycles. The first kappa shape index (κ1) is 22.0. The van der Waals surface area contributed by atoms with Crippen LogP contribution in [0.3, 0.4) is 0 Å². The van der Waals surface area contributed by atoms with Crippen molar-refractivity contribution in [1.82, 2.24) is 5.32 Å². The van der Waals surface area contributed by atoms with Gasteiger partial charge >= 0.3 is 11.6 Å². The number of amides is 1. The van der Waals surface area contributed by atoms with Gasteiger partial charge in [0.25, 0.3) is 5.91 Å². The predicted octanol–water partition coefficient (Wildman–Crippen LogP) is 5.12. The molecular formula is C27H23NO5. The molecule has 166 valence electrons. The molecule has 0 spiro atoms. The van der Waals surface area contributed by atoms with Crippen LogP contribution in [0.15, 0.2) is 82.0 Å². The van der Waals surface area contributed by atoms with Gasteiger partial charge in [0.15, 0.2) is 0 Å². The minimum Gasteiger partial charge on any atom is -0.423 e. The number of ether oxygens (including phenoxy) is 1. The molecule has 1 heterocycles. The Morgan fingerprint density at radius 3 is 2.39 bits per heavy atom. The Hall–Kier alpha value is -4.19. The average molecular weight is 441 g/mol. The van der Waals surface area contributed by atoms with Gasteiger partial charge in [-0.05, 0) is 67.8 Å². The van der Waals surface area contributed by atoms with Crippen molar-refractivity contribution in [3.05, 3.63) is 111 Å². The first-order valence-electron chi connectivity index (χ1n) is 10.5. The van der Waals surface area contributed by atoms with E-state index in [2.05, 4.69) is 5.32 Å². The normalized spacial score (nSPS) is 11.7. The Morgan fingerprint density at radius 2 is 1.67 bits per heavy atom. The van der Waals surface area contributed by atoms with Crippen molar-refractivity contribution in [2.24, 2.45) is 0 Å². The molecule has 0 aliphatic carbocycles. The highest BCUT2D eigenvalue weighted by molar-refractivity contribution is 5.97. The molecule has 0 fully saturated rings. The van der Waals surface area contributed by atoms with E-state index in [1.165, 1.54) is 12.1 Å². The number of nitrogens with one attached hydrogen (secondary N) is 1. The highest BCUT2D eigenvalue weighted by atomic mass is 16.5. The molecule has 0 radical (unpaired) electrons. The second-order valence-corrected chi connectivity index (χ2v) is 7.94. The lowest BCUT2D eigenvalue weighted by atomic mass is 10.1. The first-order chi connectivity index (χ1) is 15.8. The van der Waals surface area contributed by atoms with E-state index in [0.717, 1.165) is 16.7 Å². The van der Waals surface area contributed by atoms with Crippen LogP contribution in [0, 0.1) is 13.8 Å². The number of hydrogen-bond donors (Lipinski definition) is 1. The fraction of sp³-hybridized carbons (Fsp3) is 0.148. The Bertz CT molecular complexity index is 1410. The quantitative estimate of drug-likeness (QED) is 0.264. The van der Waals surface area contributed by atoms with Crippen LogP contribution in [0.1, 0.15) is 50.4 Å². The van der Waals surface area contributed by atoms with Crippen molar-refractivity contribution in [2.45, 2.75) is 26.8 Å². The number of carbonyl (C=O) groups excluding carboxylic acids is 2. The van der Waals surface area contributed by atoms with Crippen LogP contribution in [0.4, 0.5) is 0 Å². The van der Waals surface area contributed by atoms with Gasteiger partial charge < -0.3 is 14.5 Å². The van der Waals surface area contributed by atoms with Crippen molar-refractivity contribution in [2.75, 3.05) is 0 Å². The molecule has 6 heteroatoms. The van der Waals surface area contributed by atoms with Crippen LogP contribution in [0.2, 0.25) is 0 Å². The van der Waals surface area contributed by atoms with Crippen molar-refractivity contribution in [3.63, 3.8) is 0 Å². The SMILES string of the molecule is Cc1ccc(C(=O)Oc2ccc3cc(C(=O)NC(C)c4ccccc4)c(=O)oc3c2)cc1C. The van der Waals surface area contributed by atoms with Crippen molar-refractivity contribution in [3.8, 4) is 5.75 Å². The Morgan fingerprint density at radius 1 is 0.909 bits per heavy atom. The van der Waals surface area contributed by atoms with E-state index < -0.39 is 17.5 Å². The molecule has 3 aromatic carbocycles. The summed E-state index contributed by atoms with van der Waals surface area (Å²) in [6.45, 7) is 5.73. The summed E-state index contributed by atoms with van der Waals surface area (Å²) in [6, 6.07) is 20.7. The Balaban J connectivity index is 1.54. The highest BCUT2D eigenvalue weighted by Crippen LogP contribution is 2.22. The molecule has 0 aliphatic heterocycles. The monoisotopic (exact) mass is 441 g/mol. The van der Waals surface area contributed by atoms with Crippen LogP contribution in [-0.2, 0) is 0 Å². The molecule has 0 aliphatic rings. The van der Waals surface area contributed by atoms with E-state index in [1.54, 1.807) is 24.3 Å². The lowest BCUT2D eigenvalue weighted by molar-refractivity contribution is 0.0734. The zero-order valence-corrected chi connectivity index (χ0v) is 18.5. The summed E-state index contributed by atoms with van der Waals surface area (Å²) in [5.41, 5.74) is 2.78. The number of aryl methyl sites for hydroxylation is 2. The van der Waals surface area contributed by atoms with Crippen LogP contribution in [0.5, 0.6) is 5.75 Å². The number of benzene rings is 3.